The number of amides is 1. The molecule has 3 rings (SSSR count). The summed E-state index contributed by atoms with van der Waals surface area (Å²) in [7, 11) is 0. The van der Waals surface area contributed by atoms with Gasteiger partial charge in [0.05, 0.1) is 0 Å². The average molecular weight is 331 g/mol. The standard InChI is InChI=1S/C19H29N3O2/c1-13-9-14(7-8-20-13)10-21-17-6-5-15-11-22(12-16(15)17)18(23)24-19(2,3)4/h7-9,15-17,21H,5-6,10-12H2,1-4H3. The molecule has 1 saturated heterocycles. The van der Waals surface area contributed by atoms with Crippen LogP contribution < -0.4 is 5.32 Å². The molecule has 0 spiro atoms. The highest BCUT2D eigenvalue weighted by atomic mass is 16.6. The molecule has 1 aromatic heterocycles. The van der Waals surface area contributed by atoms with Crippen molar-refractivity contribution in [3.63, 3.8) is 0 Å². The number of ether oxygens (including phenoxy) is 1. The molecule has 5 heteroatoms. The van der Waals surface area contributed by atoms with Crippen LogP contribution in [0.5, 0.6) is 0 Å². The zero-order chi connectivity index (χ0) is 17.3. The molecule has 3 unspecified atom stereocenters. The van der Waals surface area contributed by atoms with Crippen molar-refractivity contribution in [1.82, 2.24) is 15.2 Å². The number of aromatic nitrogens is 1. The van der Waals surface area contributed by atoms with Crippen molar-refractivity contribution in [2.45, 2.75) is 58.7 Å². The molecule has 132 valence electrons. The van der Waals surface area contributed by atoms with Gasteiger partial charge in [-0.1, -0.05) is 0 Å². The van der Waals surface area contributed by atoms with Crippen molar-refractivity contribution in [1.29, 1.82) is 0 Å². The minimum absolute atomic E-state index is 0.166. The third-order valence-electron chi connectivity index (χ3n) is 5.04. The van der Waals surface area contributed by atoms with Gasteiger partial charge in [-0.15, -0.1) is 0 Å². The van der Waals surface area contributed by atoms with Crippen LogP contribution in [0.3, 0.4) is 0 Å². The van der Waals surface area contributed by atoms with Crippen LogP contribution in [0.4, 0.5) is 4.79 Å². The molecule has 1 N–H and O–H groups in total. The lowest BCUT2D eigenvalue weighted by Crippen LogP contribution is -2.38. The van der Waals surface area contributed by atoms with Crippen molar-refractivity contribution < 1.29 is 9.53 Å². The monoisotopic (exact) mass is 331 g/mol. The molecule has 24 heavy (non-hydrogen) atoms. The molecule has 1 amide bonds. The van der Waals surface area contributed by atoms with Crippen LogP contribution in [0.1, 0.15) is 44.9 Å². The van der Waals surface area contributed by atoms with Gasteiger partial charge < -0.3 is 15.0 Å². The Morgan fingerprint density at radius 2 is 2.17 bits per heavy atom. The lowest BCUT2D eigenvalue weighted by molar-refractivity contribution is 0.0278. The summed E-state index contributed by atoms with van der Waals surface area (Å²) in [4.78, 5) is 18.4. The number of carbonyl (C=O) groups excluding carboxylic acids is 1. The molecule has 5 nitrogen and oxygen atoms in total. The average Bonchev–Trinajstić information content (AvgIpc) is 3.04. The van der Waals surface area contributed by atoms with Crippen LogP contribution in [-0.4, -0.2) is 40.7 Å². The summed E-state index contributed by atoms with van der Waals surface area (Å²) >= 11 is 0. The minimum Gasteiger partial charge on any atom is -0.444 e. The summed E-state index contributed by atoms with van der Waals surface area (Å²) in [6.45, 7) is 10.3. The topological polar surface area (TPSA) is 54.5 Å². The first-order valence-corrected chi connectivity index (χ1v) is 8.95. The van der Waals surface area contributed by atoms with Gasteiger partial charge in [0.25, 0.3) is 0 Å². The van der Waals surface area contributed by atoms with E-state index in [2.05, 4.69) is 22.4 Å². The van der Waals surface area contributed by atoms with Gasteiger partial charge in [0.15, 0.2) is 0 Å². The molecular formula is C19H29N3O2. The number of nitrogens with one attached hydrogen (secondary N) is 1. The Bertz CT molecular complexity index is 597. The van der Waals surface area contributed by atoms with E-state index in [-0.39, 0.29) is 6.09 Å². The van der Waals surface area contributed by atoms with Gasteiger partial charge in [-0.3, -0.25) is 4.98 Å². The normalized spacial score (nSPS) is 26.5. The summed E-state index contributed by atoms with van der Waals surface area (Å²) in [5, 5.41) is 3.70. The number of hydrogen-bond donors (Lipinski definition) is 1. The fourth-order valence-electron chi connectivity index (χ4n) is 3.96. The van der Waals surface area contributed by atoms with E-state index in [9.17, 15) is 4.79 Å². The van der Waals surface area contributed by atoms with E-state index in [0.29, 0.717) is 17.9 Å². The maximum absolute atomic E-state index is 12.3. The fraction of sp³-hybridized carbons (Fsp3) is 0.684. The number of nitrogens with zero attached hydrogens (tertiary/aromatic N) is 2. The highest BCUT2D eigenvalue weighted by Crippen LogP contribution is 2.38. The number of carbonyl (C=O) groups is 1. The van der Waals surface area contributed by atoms with E-state index in [1.807, 2.05) is 38.8 Å². The summed E-state index contributed by atoms with van der Waals surface area (Å²) in [6, 6.07) is 4.67. The maximum atomic E-state index is 12.3. The fourth-order valence-corrected chi connectivity index (χ4v) is 3.96. The highest BCUT2D eigenvalue weighted by molar-refractivity contribution is 5.68. The lowest BCUT2D eigenvalue weighted by atomic mass is 9.97. The molecule has 2 heterocycles. The second-order valence-electron chi connectivity index (χ2n) is 8.18. The van der Waals surface area contributed by atoms with Gasteiger partial charge in [-0.25, -0.2) is 4.79 Å². The number of likely N-dealkylation sites (tertiary alicyclic amines) is 1. The number of pyridine rings is 1. The van der Waals surface area contributed by atoms with Crippen molar-refractivity contribution in [2.24, 2.45) is 11.8 Å². The van der Waals surface area contributed by atoms with Crippen LogP contribution in [0.15, 0.2) is 18.3 Å². The third-order valence-corrected chi connectivity index (χ3v) is 5.04. The van der Waals surface area contributed by atoms with E-state index < -0.39 is 5.60 Å². The largest absolute Gasteiger partial charge is 0.444 e. The predicted octanol–water partition coefficient (Wildman–Crippen LogP) is 3.13. The van der Waals surface area contributed by atoms with Crippen LogP contribution in [0, 0.1) is 18.8 Å². The van der Waals surface area contributed by atoms with Crippen molar-refractivity contribution in [2.75, 3.05) is 13.1 Å². The molecular weight excluding hydrogens is 302 g/mol. The summed E-state index contributed by atoms with van der Waals surface area (Å²) in [6.07, 6.45) is 4.09. The van der Waals surface area contributed by atoms with E-state index in [4.69, 9.17) is 4.74 Å². The first kappa shape index (κ1) is 17.2. The highest BCUT2D eigenvalue weighted by Gasteiger charge is 2.44. The predicted molar refractivity (Wildman–Crippen MR) is 93.6 cm³/mol. The second-order valence-corrected chi connectivity index (χ2v) is 8.18. The Morgan fingerprint density at radius 1 is 1.38 bits per heavy atom. The van der Waals surface area contributed by atoms with E-state index >= 15 is 0 Å². The summed E-state index contributed by atoms with van der Waals surface area (Å²) in [5.74, 6) is 1.15. The van der Waals surface area contributed by atoms with Gasteiger partial charge in [0.2, 0.25) is 0 Å². The lowest BCUT2D eigenvalue weighted by Gasteiger charge is -2.26. The third kappa shape index (κ3) is 4.07. The molecule has 0 bridgehead atoms. The molecule has 1 aromatic rings. The van der Waals surface area contributed by atoms with Gasteiger partial charge in [0.1, 0.15) is 5.60 Å². The van der Waals surface area contributed by atoms with Crippen LogP contribution in [0.2, 0.25) is 0 Å². The van der Waals surface area contributed by atoms with Crippen molar-refractivity contribution >= 4 is 6.09 Å². The summed E-state index contributed by atoms with van der Waals surface area (Å²) in [5.41, 5.74) is 1.90. The van der Waals surface area contributed by atoms with Gasteiger partial charge in [-0.05, 0) is 70.1 Å². The number of rotatable bonds is 3. The Balaban J connectivity index is 1.54. The molecule has 0 radical (unpaired) electrons. The molecule has 3 atom stereocenters. The molecule has 0 aromatic carbocycles. The zero-order valence-electron chi connectivity index (χ0n) is 15.2. The molecule has 2 aliphatic rings. The second kappa shape index (κ2) is 6.71. The molecule has 1 aliphatic carbocycles. The smallest absolute Gasteiger partial charge is 0.410 e. The van der Waals surface area contributed by atoms with E-state index in [1.165, 1.54) is 18.4 Å². The van der Waals surface area contributed by atoms with Crippen LogP contribution >= 0.6 is 0 Å². The first-order chi connectivity index (χ1) is 11.3. The Kier molecular flexibility index (Phi) is 4.81. The van der Waals surface area contributed by atoms with Gasteiger partial charge in [0, 0.05) is 37.6 Å². The zero-order valence-corrected chi connectivity index (χ0v) is 15.2. The van der Waals surface area contributed by atoms with E-state index in [1.54, 1.807) is 0 Å². The van der Waals surface area contributed by atoms with Crippen molar-refractivity contribution in [3.05, 3.63) is 29.6 Å². The number of hydrogen-bond acceptors (Lipinski definition) is 4. The van der Waals surface area contributed by atoms with Crippen LogP contribution in [-0.2, 0) is 11.3 Å². The SMILES string of the molecule is Cc1cc(CNC2CCC3CN(C(=O)OC(C)(C)C)CC32)ccn1. The van der Waals surface area contributed by atoms with E-state index in [0.717, 1.165) is 25.3 Å². The Morgan fingerprint density at radius 3 is 2.88 bits per heavy atom. The molecule has 1 saturated carbocycles. The van der Waals surface area contributed by atoms with Crippen molar-refractivity contribution in [3.8, 4) is 0 Å². The maximum Gasteiger partial charge on any atom is 0.410 e. The quantitative estimate of drug-likeness (QED) is 0.924. The Hall–Kier alpha value is -1.62. The number of aryl methyl sites for hydroxylation is 1. The summed E-state index contributed by atoms with van der Waals surface area (Å²) < 4.78 is 5.52. The molecule has 2 fully saturated rings. The molecule has 1 aliphatic heterocycles. The number of fused-ring (bicyclic) bond motifs is 1. The first-order valence-electron chi connectivity index (χ1n) is 8.95. The Labute approximate surface area is 144 Å². The van der Waals surface area contributed by atoms with Gasteiger partial charge in [-0.2, -0.15) is 0 Å². The van der Waals surface area contributed by atoms with Crippen LogP contribution in [0.25, 0.3) is 0 Å². The minimum atomic E-state index is -0.425. The van der Waals surface area contributed by atoms with Gasteiger partial charge >= 0.3 is 6.09 Å².